The highest BCUT2D eigenvalue weighted by atomic mass is 16.6. The number of hydrogen-bond acceptors (Lipinski definition) is 6. The lowest BCUT2D eigenvalue weighted by atomic mass is 10.1. The molecule has 0 saturated heterocycles. The van der Waals surface area contributed by atoms with Crippen LogP contribution in [0.1, 0.15) is 149 Å². The van der Waals surface area contributed by atoms with Gasteiger partial charge in [0.05, 0.1) is 34.4 Å². The maximum atomic E-state index is 12.7. The van der Waals surface area contributed by atoms with Gasteiger partial charge in [-0.3, -0.25) is 9.59 Å². The zero-order chi connectivity index (χ0) is 40.0. The average molecular weight is 757 g/mol. The van der Waals surface area contributed by atoms with Gasteiger partial charge < -0.3 is 23.8 Å². The average Bonchev–Trinajstić information content (AvgIpc) is 3.12. The third-order valence-electron chi connectivity index (χ3n) is 8.93. The van der Waals surface area contributed by atoms with Crippen molar-refractivity contribution in [2.45, 2.75) is 161 Å². The van der Waals surface area contributed by atoms with Gasteiger partial charge in [0.2, 0.25) is 0 Å². The van der Waals surface area contributed by atoms with E-state index in [1.807, 2.05) is 27.2 Å². The van der Waals surface area contributed by atoms with Crippen molar-refractivity contribution >= 4 is 17.9 Å². The minimum absolute atomic E-state index is 0.0427. The summed E-state index contributed by atoms with van der Waals surface area (Å²) in [5.74, 6) is -1.53. The fraction of sp³-hybridized carbons (Fsp3) is 0.674. The molecule has 0 aromatic heterocycles. The first-order chi connectivity index (χ1) is 26.1. The van der Waals surface area contributed by atoms with Gasteiger partial charge in [-0.1, -0.05) is 138 Å². The van der Waals surface area contributed by atoms with Gasteiger partial charge in [-0.2, -0.15) is 0 Å². The lowest BCUT2D eigenvalue weighted by Gasteiger charge is -2.31. The van der Waals surface area contributed by atoms with Crippen molar-refractivity contribution in [1.29, 1.82) is 0 Å². The van der Waals surface area contributed by atoms with Crippen LogP contribution < -0.4 is 0 Å². The third kappa shape index (κ3) is 34.5. The van der Waals surface area contributed by atoms with Crippen LogP contribution in [-0.2, 0) is 28.6 Å². The number of unbranched alkanes of at least 4 members (excludes halogenated alkanes) is 13. The van der Waals surface area contributed by atoms with E-state index in [1.54, 1.807) is 0 Å². The van der Waals surface area contributed by atoms with Gasteiger partial charge in [0, 0.05) is 19.3 Å². The minimum atomic E-state index is -0.885. The number of hydrogen-bond donors (Lipinski definition) is 1. The van der Waals surface area contributed by atoms with Crippen LogP contribution in [-0.4, -0.2) is 80.6 Å². The topological polar surface area (TPSA) is 99.1 Å². The number of nitrogens with zero attached hydrogens (tertiary/aromatic N) is 1. The van der Waals surface area contributed by atoms with Gasteiger partial charge in [0.25, 0.3) is 0 Å². The van der Waals surface area contributed by atoms with Crippen molar-refractivity contribution in [3.05, 3.63) is 72.9 Å². The van der Waals surface area contributed by atoms with Gasteiger partial charge in [-0.05, 0) is 64.2 Å². The molecule has 0 aromatic rings. The second kappa shape index (κ2) is 36.7. The molecule has 0 spiro atoms. The number of allylic oxidation sites excluding steroid dienone is 12. The predicted molar refractivity (Wildman–Crippen MR) is 224 cm³/mol. The van der Waals surface area contributed by atoms with Crippen molar-refractivity contribution in [3.63, 3.8) is 0 Å². The summed E-state index contributed by atoms with van der Waals surface area (Å²) in [4.78, 5) is 36.9. The molecule has 0 fully saturated rings. The van der Waals surface area contributed by atoms with E-state index in [9.17, 15) is 19.5 Å². The molecule has 8 nitrogen and oxygen atoms in total. The van der Waals surface area contributed by atoms with Crippen molar-refractivity contribution in [2.75, 3.05) is 41.0 Å². The summed E-state index contributed by atoms with van der Waals surface area (Å²) in [6, 6.07) is -0.624. The summed E-state index contributed by atoms with van der Waals surface area (Å²) in [6.07, 6.45) is 45.1. The van der Waals surface area contributed by atoms with Gasteiger partial charge in [-0.25, -0.2) is 4.79 Å². The molecule has 0 aliphatic rings. The Labute approximate surface area is 330 Å². The SMILES string of the molecule is CC/C=C/C/C=C/CCCCCCCC(=O)OCC(COCCC(C(=O)O)[N+](C)(C)C)OC(=O)CCCCCCC/C=C/C=C/C=C/C=C/CCCCC. The van der Waals surface area contributed by atoms with Gasteiger partial charge in [0.15, 0.2) is 12.1 Å². The molecule has 1 N–H and O–H groups in total. The lowest BCUT2D eigenvalue weighted by Crippen LogP contribution is -2.50. The Morgan fingerprint density at radius 2 is 1.11 bits per heavy atom. The van der Waals surface area contributed by atoms with E-state index in [4.69, 9.17) is 14.2 Å². The second-order valence-electron chi connectivity index (χ2n) is 15.0. The van der Waals surface area contributed by atoms with Crippen LogP contribution in [0.5, 0.6) is 0 Å². The Kier molecular flexibility index (Phi) is 34.5. The molecule has 0 saturated carbocycles. The predicted octanol–water partition coefficient (Wildman–Crippen LogP) is 11.2. The Morgan fingerprint density at radius 3 is 1.69 bits per heavy atom. The number of ether oxygens (including phenoxy) is 3. The molecular weight excluding hydrogens is 679 g/mol. The van der Waals surface area contributed by atoms with E-state index in [1.165, 1.54) is 19.3 Å². The molecule has 8 heteroatoms. The summed E-state index contributed by atoms with van der Waals surface area (Å²) in [6.45, 7) is 4.52. The number of carboxylic acid groups (broad SMARTS) is 1. The van der Waals surface area contributed by atoms with Crippen LogP contribution in [0.4, 0.5) is 0 Å². The molecule has 0 rings (SSSR count). The van der Waals surface area contributed by atoms with Crippen molar-refractivity contribution in [3.8, 4) is 0 Å². The fourth-order valence-electron chi connectivity index (χ4n) is 5.67. The number of carbonyl (C=O) groups is 3. The molecule has 0 radical (unpaired) electrons. The monoisotopic (exact) mass is 757 g/mol. The number of likely N-dealkylation sites (N-methyl/N-ethyl adjacent to an activating group) is 1. The van der Waals surface area contributed by atoms with Gasteiger partial charge in [-0.15, -0.1) is 0 Å². The molecular formula is C46H78NO7+. The molecule has 0 aliphatic heterocycles. The smallest absolute Gasteiger partial charge is 0.362 e. The summed E-state index contributed by atoms with van der Waals surface area (Å²) in [5.41, 5.74) is 0. The number of quaternary nitrogens is 1. The number of carboxylic acids is 1. The quantitative estimate of drug-likeness (QED) is 0.0223. The van der Waals surface area contributed by atoms with Crippen LogP contribution in [0.25, 0.3) is 0 Å². The summed E-state index contributed by atoms with van der Waals surface area (Å²) < 4.78 is 17.2. The van der Waals surface area contributed by atoms with Crippen LogP contribution in [0.3, 0.4) is 0 Å². The highest BCUT2D eigenvalue weighted by Gasteiger charge is 2.31. The Morgan fingerprint density at radius 1 is 0.593 bits per heavy atom. The molecule has 0 aliphatic carbocycles. The number of aliphatic carboxylic acids is 1. The van der Waals surface area contributed by atoms with E-state index in [0.29, 0.717) is 19.3 Å². The first-order valence-electron chi connectivity index (χ1n) is 21.0. The molecule has 2 unspecified atom stereocenters. The molecule has 308 valence electrons. The highest BCUT2D eigenvalue weighted by molar-refractivity contribution is 5.72. The summed E-state index contributed by atoms with van der Waals surface area (Å²) >= 11 is 0. The summed E-state index contributed by atoms with van der Waals surface area (Å²) in [7, 11) is 5.50. The normalized spacial score (nSPS) is 13.7. The summed E-state index contributed by atoms with van der Waals surface area (Å²) in [5, 5.41) is 9.60. The van der Waals surface area contributed by atoms with E-state index in [-0.39, 0.29) is 36.2 Å². The Bertz CT molecular complexity index is 1110. The van der Waals surface area contributed by atoms with E-state index < -0.39 is 18.1 Å². The van der Waals surface area contributed by atoms with Crippen molar-refractivity contribution in [1.82, 2.24) is 0 Å². The molecule has 54 heavy (non-hydrogen) atoms. The first kappa shape index (κ1) is 50.8. The minimum Gasteiger partial charge on any atom is -0.477 e. The molecule has 0 heterocycles. The largest absolute Gasteiger partial charge is 0.477 e. The number of esters is 2. The number of rotatable bonds is 36. The molecule has 2 atom stereocenters. The third-order valence-corrected chi connectivity index (χ3v) is 8.93. The fourth-order valence-corrected chi connectivity index (χ4v) is 5.67. The number of carbonyl (C=O) groups excluding carboxylic acids is 2. The molecule has 0 aromatic carbocycles. The van der Waals surface area contributed by atoms with E-state index >= 15 is 0 Å². The van der Waals surface area contributed by atoms with Crippen molar-refractivity contribution in [2.24, 2.45) is 0 Å². The zero-order valence-electron chi connectivity index (χ0n) is 34.9. The zero-order valence-corrected chi connectivity index (χ0v) is 34.9. The maximum Gasteiger partial charge on any atom is 0.362 e. The van der Waals surface area contributed by atoms with E-state index in [0.717, 1.165) is 96.3 Å². The van der Waals surface area contributed by atoms with Crippen molar-refractivity contribution < 1.29 is 38.2 Å². The van der Waals surface area contributed by atoms with Crippen LogP contribution in [0.15, 0.2) is 72.9 Å². The Balaban J connectivity index is 4.46. The first-order valence-corrected chi connectivity index (χ1v) is 21.0. The second-order valence-corrected chi connectivity index (χ2v) is 15.0. The maximum absolute atomic E-state index is 12.7. The van der Waals surface area contributed by atoms with Gasteiger partial charge in [0.1, 0.15) is 6.61 Å². The van der Waals surface area contributed by atoms with E-state index in [2.05, 4.69) is 80.7 Å². The van der Waals surface area contributed by atoms with Gasteiger partial charge >= 0.3 is 17.9 Å². The Hall–Kier alpha value is -3.23. The van der Waals surface area contributed by atoms with Crippen LogP contribution >= 0.6 is 0 Å². The molecule has 0 bridgehead atoms. The van der Waals surface area contributed by atoms with Crippen LogP contribution in [0, 0.1) is 0 Å². The lowest BCUT2D eigenvalue weighted by molar-refractivity contribution is -0.887. The molecule has 0 amide bonds. The van der Waals surface area contributed by atoms with Crippen LogP contribution in [0.2, 0.25) is 0 Å². The highest BCUT2D eigenvalue weighted by Crippen LogP contribution is 2.13. The standard InChI is InChI=1S/C46H77NO7/c1-6-8-10-12-14-16-18-20-21-22-23-24-25-27-29-31-33-35-37-45(49)54-42(40-52-39-38-43(46(50)51)47(3,4)5)41-53-44(48)36-34-32-30-28-26-19-17-15-13-11-9-7-2/h9,11,14-18,20-24,42-43H,6-8,10,12-13,19,25-41H2,1-5H3/p+1/b11-9+,16-14+,17-15+,20-18+,22-21+,24-23+.